The van der Waals surface area contributed by atoms with Crippen molar-refractivity contribution < 1.29 is 14.3 Å². The summed E-state index contributed by atoms with van der Waals surface area (Å²) in [7, 11) is 1.55. The summed E-state index contributed by atoms with van der Waals surface area (Å²) in [4.78, 5) is 31.3. The second-order valence-corrected chi connectivity index (χ2v) is 7.20. The number of hydrogen-bond acceptors (Lipinski definition) is 7. The number of para-hydroxylation sites is 1. The van der Waals surface area contributed by atoms with Crippen LogP contribution in [0.4, 0.5) is 0 Å². The number of aromatic amines is 1. The summed E-state index contributed by atoms with van der Waals surface area (Å²) < 4.78 is 10.6. The van der Waals surface area contributed by atoms with Crippen LogP contribution in [-0.4, -0.2) is 41.9 Å². The number of hydrogen-bond donors (Lipinski definition) is 2. The van der Waals surface area contributed by atoms with Gasteiger partial charge < -0.3 is 19.8 Å². The Kier molecular flexibility index (Phi) is 7.67. The maximum atomic E-state index is 12.3. The van der Waals surface area contributed by atoms with Gasteiger partial charge in [-0.1, -0.05) is 30.0 Å². The number of H-pyrrole nitrogens is 1. The average molecular weight is 436 g/mol. The van der Waals surface area contributed by atoms with Gasteiger partial charge in [-0.3, -0.25) is 9.59 Å². The first kappa shape index (κ1) is 21.9. The number of nitrogens with one attached hydrogen (secondary N) is 2. The Bertz CT molecular complexity index is 1120. The molecule has 0 saturated carbocycles. The number of rotatable bonds is 9. The second-order valence-electron chi connectivity index (χ2n) is 6.24. The lowest BCUT2D eigenvalue weighted by atomic mass is 10.1. The smallest absolute Gasteiger partial charge is 0.270 e. The molecule has 0 aliphatic carbocycles. The van der Waals surface area contributed by atoms with Crippen LogP contribution in [0.1, 0.15) is 5.56 Å². The summed E-state index contributed by atoms with van der Waals surface area (Å²) in [5, 5.41) is 12.4. The Morgan fingerprint density at radius 1 is 1.16 bits per heavy atom. The fourth-order valence-corrected chi connectivity index (χ4v) is 3.33. The minimum Gasteiger partial charge on any atom is -0.497 e. The lowest BCUT2D eigenvalue weighted by Crippen LogP contribution is -2.29. The van der Waals surface area contributed by atoms with Crippen molar-refractivity contribution in [1.82, 2.24) is 15.3 Å². The fraction of sp³-hybridized carbons (Fsp3) is 0.182. The number of methoxy groups -OCH3 is 1. The number of thioether (sulfide) groups is 1. The first-order valence-electron chi connectivity index (χ1n) is 9.37. The SMILES string of the molecule is COc1ccc(-c2nc(SCC(=O)NCCOc3ccccc3)[nH]c(=O)c2C#N)cc1. The Morgan fingerprint density at radius 2 is 1.90 bits per heavy atom. The highest BCUT2D eigenvalue weighted by Crippen LogP contribution is 2.24. The number of benzene rings is 2. The van der Waals surface area contributed by atoms with Gasteiger partial charge in [0.1, 0.15) is 29.7 Å². The van der Waals surface area contributed by atoms with Crippen molar-refractivity contribution in [2.75, 3.05) is 26.0 Å². The van der Waals surface area contributed by atoms with E-state index in [1.165, 1.54) is 0 Å². The molecule has 8 nitrogen and oxygen atoms in total. The second kappa shape index (κ2) is 10.8. The van der Waals surface area contributed by atoms with Crippen molar-refractivity contribution in [3.63, 3.8) is 0 Å². The molecule has 2 aromatic carbocycles. The van der Waals surface area contributed by atoms with Crippen molar-refractivity contribution in [3.8, 4) is 28.8 Å². The standard InChI is InChI=1S/C22H20N4O4S/c1-29-16-9-7-15(8-10-16)20-18(13-23)21(28)26-22(25-20)31-14-19(27)24-11-12-30-17-5-3-2-4-6-17/h2-10H,11-12,14H2,1H3,(H,24,27)(H,25,26,28). The lowest BCUT2D eigenvalue weighted by molar-refractivity contribution is -0.118. The highest BCUT2D eigenvalue weighted by molar-refractivity contribution is 7.99. The largest absolute Gasteiger partial charge is 0.497 e. The molecule has 9 heteroatoms. The molecular formula is C22H20N4O4S. The van der Waals surface area contributed by atoms with Gasteiger partial charge in [0, 0.05) is 5.56 Å². The van der Waals surface area contributed by atoms with E-state index in [1.54, 1.807) is 31.4 Å². The van der Waals surface area contributed by atoms with Crippen LogP contribution in [0.3, 0.4) is 0 Å². The van der Waals surface area contributed by atoms with Crippen LogP contribution in [0, 0.1) is 11.3 Å². The monoisotopic (exact) mass is 436 g/mol. The summed E-state index contributed by atoms with van der Waals surface area (Å²) in [6.07, 6.45) is 0. The van der Waals surface area contributed by atoms with E-state index >= 15 is 0 Å². The Balaban J connectivity index is 1.59. The molecule has 0 aliphatic heterocycles. The Hall–Kier alpha value is -3.77. The third-order valence-electron chi connectivity index (χ3n) is 4.15. The molecule has 0 saturated heterocycles. The quantitative estimate of drug-likeness (QED) is 0.301. The van der Waals surface area contributed by atoms with Crippen LogP contribution in [0.5, 0.6) is 11.5 Å². The van der Waals surface area contributed by atoms with Gasteiger partial charge in [-0.05, 0) is 36.4 Å². The zero-order valence-corrected chi connectivity index (χ0v) is 17.6. The van der Waals surface area contributed by atoms with Crippen molar-refractivity contribution in [2.24, 2.45) is 0 Å². The molecule has 0 aliphatic rings. The van der Waals surface area contributed by atoms with Crippen LogP contribution in [0.25, 0.3) is 11.3 Å². The van der Waals surface area contributed by atoms with Gasteiger partial charge in [-0.15, -0.1) is 0 Å². The van der Waals surface area contributed by atoms with Crippen LogP contribution in [0.2, 0.25) is 0 Å². The zero-order valence-electron chi connectivity index (χ0n) is 16.8. The normalized spacial score (nSPS) is 10.2. The molecular weight excluding hydrogens is 416 g/mol. The number of nitrogens with zero attached hydrogens (tertiary/aromatic N) is 2. The molecule has 0 fully saturated rings. The third-order valence-corrected chi connectivity index (χ3v) is 5.02. The summed E-state index contributed by atoms with van der Waals surface area (Å²) in [6, 6.07) is 18.1. The van der Waals surface area contributed by atoms with E-state index < -0.39 is 5.56 Å². The van der Waals surface area contributed by atoms with Gasteiger partial charge in [-0.25, -0.2) is 4.98 Å². The highest BCUT2D eigenvalue weighted by atomic mass is 32.2. The zero-order chi connectivity index (χ0) is 22.1. The molecule has 0 bridgehead atoms. The third kappa shape index (κ3) is 6.10. The van der Waals surface area contributed by atoms with Crippen LogP contribution >= 0.6 is 11.8 Å². The first-order valence-corrected chi connectivity index (χ1v) is 10.4. The molecule has 3 aromatic rings. The molecule has 158 valence electrons. The van der Waals surface area contributed by atoms with Crippen LogP contribution < -0.4 is 20.3 Å². The van der Waals surface area contributed by atoms with E-state index in [-0.39, 0.29) is 28.1 Å². The number of ether oxygens (including phenoxy) is 2. The molecule has 1 heterocycles. The Labute approximate surface area is 183 Å². The van der Waals surface area contributed by atoms with Gasteiger partial charge in [0.25, 0.3) is 5.56 Å². The summed E-state index contributed by atoms with van der Waals surface area (Å²) >= 11 is 1.08. The van der Waals surface area contributed by atoms with Crippen molar-refractivity contribution in [1.29, 1.82) is 5.26 Å². The molecule has 0 radical (unpaired) electrons. The first-order chi connectivity index (χ1) is 15.1. The number of aromatic nitrogens is 2. The maximum Gasteiger partial charge on any atom is 0.270 e. The van der Waals surface area contributed by atoms with E-state index in [2.05, 4.69) is 15.3 Å². The van der Waals surface area contributed by atoms with E-state index in [1.807, 2.05) is 36.4 Å². The highest BCUT2D eigenvalue weighted by Gasteiger charge is 2.14. The molecule has 2 N–H and O–H groups in total. The van der Waals surface area contributed by atoms with Gasteiger partial charge in [0.2, 0.25) is 5.91 Å². The average Bonchev–Trinajstić information content (AvgIpc) is 2.81. The molecule has 0 atom stereocenters. The minimum atomic E-state index is -0.553. The van der Waals surface area contributed by atoms with Gasteiger partial charge in [0.05, 0.1) is 25.1 Å². The topological polar surface area (TPSA) is 117 Å². The van der Waals surface area contributed by atoms with Crippen LogP contribution in [0.15, 0.2) is 64.5 Å². The number of carbonyl (C=O) groups excluding carboxylic acids is 1. The number of amides is 1. The summed E-state index contributed by atoms with van der Waals surface area (Å²) in [6.45, 7) is 0.691. The van der Waals surface area contributed by atoms with E-state index in [4.69, 9.17) is 9.47 Å². The van der Waals surface area contributed by atoms with Crippen molar-refractivity contribution in [2.45, 2.75) is 5.16 Å². The van der Waals surface area contributed by atoms with Gasteiger partial charge in [0.15, 0.2) is 5.16 Å². The molecule has 0 unspecified atom stereocenters. The van der Waals surface area contributed by atoms with E-state index in [9.17, 15) is 14.9 Å². The van der Waals surface area contributed by atoms with Crippen molar-refractivity contribution in [3.05, 3.63) is 70.5 Å². The Morgan fingerprint density at radius 3 is 2.58 bits per heavy atom. The van der Waals surface area contributed by atoms with E-state index in [0.717, 1.165) is 17.5 Å². The summed E-state index contributed by atoms with van der Waals surface area (Å²) in [5.74, 6) is 1.22. The minimum absolute atomic E-state index is 0.0578. The number of carbonyl (C=O) groups is 1. The van der Waals surface area contributed by atoms with Gasteiger partial charge >= 0.3 is 0 Å². The van der Waals surface area contributed by atoms with E-state index in [0.29, 0.717) is 24.5 Å². The van der Waals surface area contributed by atoms with Crippen LogP contribution in [-0.2, 0) is 4.79 Å². The summed E-state index contributed by atoms with van der Waals surface area (Å²) in [5.41, 5.74) is 0.223. The molecule has 3 rings (SSSR count). The predicted octanol–water partition coefficient (Wildman–Crippen LogP) is 2.60. The number of nitriles is 1. The lowest BCUT2D eigenvalue weighted by Gasteiger charge is -2.09. The fourth-order valence-electron chi connectivity index (χ4n) is 2.64. The molecule has 0 spiro atoms. The van der Waals surface area contributed by atoms with Crippen molar-refractivity contribution >= 4 is 17.7 Å². The maximum absolute atomic E-state index is 12.3. The predicted molar refractivity (Wildman–Crippen MR) is 117 cm³/mol. The molecule has 1 amide bonds. The molecule has 1 aromatic heterocycles. The molecule has 31 heavy (non-hydrogen) atoms. The van der Waals surface area contributed by atoms with Gasteiger partial charge in [-0.2, -0.15) is 5.26 Å².